The maximum atomic E-state index is 3.51. The monoisotopic (exact) mass is 237 g/mol. The molecule has 0 aromatic heterocycles. The molecule has 0 spiro atoms. The van der Waals surface area contributed by atoms with Crippen LogP contribution in [-0.2, 0) is 19.4 Å². The van der Waals surface area contributed by atoms with Crippen LogP contribution in [0.2, 0.25) is 0 Å². The first-order valence-electron chi connectivity index (χ1n) is 6.81. The summed E-state index contributed by atoms with van der Waals surface area (Å²) in [4.78, 5) is 0. The molecule has 0 saturated heterocycles. The number of hydrogen-bond acceptors (Lipinski definition) is 1. The Morgan fingerprint density at radius 2 is 1.61 bits per heavy atom. The first-order chi connectivity index (χ1) is 8.92. The summed E-state index contributed by atoms with van der Waals surface area (Å²) in [5.74, 6) is 0. The Morgan fingerprint density at radius 3 is 2.44 bits per heavy atom. The zero-order chi connectivity index (χ0) is 12.2. The van der Waals surface area contributed by atoms with Gasteiger partial charge in [0.25, 0.3) is 0 Å². The average Bonchev–Trinajstić information content (AvgIpc) is 2.46. The first kappa shape index (κ1) is 11.3. The number of rotatable bonds is 3. The van der Waals surface area contributed by atoms with Gasteiger partial charge in [-0.2, -0.15) is 0 Å². The molecule has 0 fully saturated rings. The van der Waals surface area contributed by atoms with Crippen LogP contribution in [0.15, 0.2) is 48.5 Å². The summed E-state index contributed by atoms with van der Waals surface area (Å²) < 4.78 is 0. The molecule has 0 heterocycles. The van der Waals surface area contributed by atoms with Crippen molar-refractivity contribution in [3.8, 4) is 0 Å². The molecular weight excluding hydrogens is 218 g/mol. The highest BCUT2D eigenvalue weighted by Crippen LogP contribution is 2.24. The van der Waals surface area contributed by atoms with Crippen molar-refractivity contribution in [1.29, 1.82) is 0 Å². The molecule has 1 N–H and O–H groups in total. The number of fused-ring (bicyclic) bond motifs is 1. The molecule has 18 heavy (non-hydrogen) atoms. The maximum Gasteiger partial charge on any atom is 0.0400 e. The fraction of sp³-hybridized carbons (Fsp3) is 0.294. The SMILES string of the molecule is c1ccc(CNc2ccc3c(c2)CCCC3)cc1. The van der Waals surface area contributed by atoms with E-state index in [0.29, 0.717) is 0 Å². The summed E-state index contributed by atoms with van der Waals surface area (Å²) in [5.41, 5.74) is 5.67. The van der Waals surface area contributed by atoms with Gasteiger partial charge in [0.05, 0.1) is 0 Å². The number of hydrogen-bond donors (Lipinski definition) is 1. The van der Waals surface area contributed by atoms with Gasteiger partial charge in [-0.1, -0.05) is 36.4 Å². The van der Waals surface area contributed by atoms with Crippen LogP contribution < -0.4 is 5.32 Å². The zero-order valence-corrected chi connectivity index (χ0v) is 10.7. The van der Waals surface area contributed by atoms with Crippen molar-refractivity contribution in [3.05, 3.63) is 65.2 Å². The molecule has 2 aromatic rings. The van der Waals surface area contributed by atoms with Gasteiger partial charge in [0.2, 0.25) is 0 Å². The van der Waals surface area contributed by atoms with Crippen molar-refractivity contribution in [2.24, 2.45) is 0 Å². The lowest BCUT2D eigenvalue weighted by Crippen LogP contribution is -2.05. The molecule has 1 nitrogen and oxygen atoms in total. The normalized spacial score (nSPS) is 14.0. The smallest absolute Gasteiger partial charge is 0.0400 e. The van der Waals surface area contributed by atoms with Crippen molar-refractivity contribution >= 4 is 5.69 Å². The van der Waals surface area contributed by atoms with Crippen molar-refractivity contribution in [2.45, 2.75) is 32.2 Å². The largest absolute Gasteiger partial charge is 0.381 e. The van der Waals surface area contributed by atoms with Crippen LogP contribution >= 0.6 is 0 Å². The van der Waals surface area contributed by atoms with E-state index >= 15 is 0 Å². The lowest BCUT2D eigenvalue weighted by molar-refractivity contribution is 0.686. The van der Waals surface area contributed by atoms with E-state index in [4.69, 9.17) is 0 Å². The highest BCUT2D eigenvalue weighted by atomic mass is 14.9. The third-order valence-electron chi connectivity index (χ3n) is 3.69. The second kappa shape index (κ2) is 5.26. The van der Waals surface area contributed by atoms with E-state index in [2.05, 4.69) is 53.8 Å². The molecule has 0 saturated carbocycles. The average molecular weight is 237 g/mol. The van der Waals surface area contributed by atoms with Crippen LogP contribution in [0, 0.1) is 0 Å². The van der Waals surface area contributed by atoms with E-state index in [1.54, 1.807) is 11.1 Å². The van der Waals surface area contributed by atoms with Crippen LogP contribution in [0.3, 0.4) is 0 Å². The molecule has 1 aliphatic rings. The van der Waals surface area contributed by atoms with Gasteiger partial charge in [0.15, 0.2) is 0 Å². The minimum Gasteiger partial charge on any atom is -0.381 e. The van der Waals surface area contributed by atoms with Gasteiger partial charge < -0.3 is 5.32 Å². The van der Waals surface area contributed by atoms with Gasteiger partial charge in [0, 0.05) is 12.2 Å². The third-order valence-corrected chi connectivity index (χ3v) is 3.69. The molecule has 1 aliphatic carbocycles. The van der Waals surface area contributed by atoms with Gasteiger partial charge in [-0.05, 0) is 54.5 Å². The van der Waals surface area contributed by atoms with Crippen LogP contribution in [0.4, 0.5) is 5.69 Å². The minimum atomic E-state index is 0.902. The Labute approximate surface area is 109 Å². The van der Waals surface area contributed by atoms with Crippen molar-refractivity contribution in [3.63, 3.8) is 0 Å². The zero-order valence-electron chi connectivity index (χ0n) is 10.7. The third kappa shape index (κ3) is 2.56. The Morgan fingerprint density at radius 1 is 0.833 bits per heavy atom. The molecule has 0 amide bonds. The quantitative estimate of drug-likeness (QED) is 0.844. The Kier molecular flexibility index (Phi) is 3.31. The van der Waals surface area contributed by atoms with Gasteiger partial charge in [0.1, 0.15) is 0 Å². The maximum absolute atomic E-state index is 3.51. The van der Waals surface area contributed by atoms with Crippen molar-refractivity contribution in [2.75, 3.05) is 5.32 Å². The summed E-state index contributed by atoms with van der Waals surface area (Å²) in [6.45, 7) is 0.902. The van der Waals surface area contributed by atoms with E-state index < -0.39 is 0 Å². The number of benzene rings is 2. The fourth-order valence-corrected chi connectivity index (χ4v) is 2.64. The number of nitrogens with one attached hydrogen (secondary N) is 1. The minimum absolute atomic E-state index is 0.902. The molecule has 1 heteroatoms. The molecule has 3 rings (SSSR count). The van der Waals surface area contributed by atoms with E-state index in [1.165, 1.54) is 36.9 Å². The van der Waals surface area contributed by atoms with Gasteiger partial charge in [-0.15, -0.1) is 0 Å². The Balaban J connectivity index is 1.70. The lowest BCUT2D eigenvalue weighted by atomic mass is 9.91. The highest BCUT2D eigenvalue weighted by molar-refractivity contribution is 5.49. The van der Waals surface area contributed by atoms with Gasteiger partial charge >= 0.3 is 0 Å². The summed E-state index contributed by atoms with van der Waals surface area (Å²) in [7, 11) is 0. The van der Waals surface area contributed by atoms with Crippen LogP contribution in [-0.4, -0.2) is 0 Å². The second-order valence-electron chi connectivity index (χ2n) is 5.03. The summed E-state index contributed by atoms with van der Waals surface area (Å²) in [6, 6.07) is 17.4. The second-order valence-corrected chi connectivity index (χ2v) is 5.03. The molecule has 0 unspecified atom stereocenters. The number of aryl methyl sites for hydroxylation is 2. The van der Waals surface area contributed by atoms with Gasteiger partial charge in [-0.3, -0.25) is 0 Å². The molecular formula is C17H19N. The van der Waals surface area contributed by atoms with E-state index in [-0.39, 0.29) is 0 Å². The van der Waals surface area contributed by atoms with Crippen LogP contribution in [0.1, 0.15) is 29.5 Å². The standard InChI is InChI=1S/C17H19N/c1-2-6-14(7-3-1)13-18-17-11-10-15-8-4-5-9-16(15)12-17/h1-3,6-7,10-12,18H,4-5,8-9,13H2. The summed E-state index contributed by atoms with van der Waals surface area (Å²) in [6.07, 6.45) is 5.20. The molecule has 0 radical (unpaired) electrons. The van der Waals surface area contributed by atoms with E-state index in [1.807, 2.05) is 0 Å². The fourth-order valence-electron chi connectivity index (χ4n) is 2.64. The lowest BCUT2D eigenvalue weighted by Gasteiger charge is -2.17. The Hall–Kier alpha value is -1.76. The predicted molar refractivity (Wildman–Crippen MR) is 76.9 cm³/mol. The first-order valence-corrected chi connectivity index (χ1v) is 6.81. The molecule has 0 bridgehead atoms. The highest BCUT2D eigenvalue weighted by Gasteiger charge is 2.09. The van der Waals surface area contributed by atoms with Crippen molar-refractivity contribution < 1.29 is 0 Å². The summed E-state index contributed by atoms with van der Waals surface area (Å²) >= 11 is 0. The number of anilines is 1. The molecule has 2 aromatic carbocycles. The van der Waals surface area contributed by atoms with E-state index in [0.717, 1.165) is 6.54 Å². The molecule has 0 aliphatic heterocycles. The molecule has 92 valence electrons. The Bertz CT molecular complexity index is 516. The van der Waals surface area contributed by atoms with Gasteiger partial charge in [-0.25, -0.2) is 0 Å². The van der Waals surface area contributed by atoms with Crippen molar-refractivity contribution in [1.82, 2.24) is 0 Å². The molecule has 0 atom stereocenters. The predicted octanol–water partition coefficient (Wildman–Crippen LogP) is 4.18. The van der Waals surface area contributed by atoms with Crippen LogP contribution in [0.5, 0.6) is 0 Å². The van der Waals surface area contributed by atoms with Crippen LogP contribution in [0.25, 0.3) is 0 Å². The van der Waals surface area contributed by atoms with E-state index in [9.17, 15) is 0 Å². The topological polar surface area (TPSA) is 12.0 Å². The summed E-state index contributed by atoms with van der Waals surface area (Å²) in [5, 5.41) is 3.51.